The van der Waals surface area contributed by atoms with Crippen molar-refractivity contribution < 1.29 is 4.39 Å². The molecule has 0 aliphatic heterocycles. The van der Waals surface area contributed by atoms with Gasteiger partial charge in [0.15, 0.2) is 0 Å². The molecule has 21 heavy (non-hydrogen) atoms. The number of rotatable bonds is 3. The summed E-state index contributed by atoms with van der Waals surface area (Å²) in [6.45, 7) is 1.96. The molecule has 1 heterocycles. The van der Waals surface area contributed by atoms with Gasteiger partial charge in [0.2, 0.25) is 0 Å². The molecule has 0 fully saturated rings. The van der Waals surface area contributed by atoms with Crippen LogP contribution in [0.5, 0.6) is 0 Å². The summed E-state index contributed by atoms with van der Waals surface area (Å²) in [6, 6.07) is 10.3. The third kappa shape index (κ3) is 2.76. The summed E-state index contributed by atoms with van der Waals surface area (Å²) < 4.78 is 13.4. The predicted octanol–water partition coefficient (Wildman–Crippen LogP) is 3.32. The maximum Gasteiger partial charge on any atom is 0.123 e. The number of hydrogen-bond acceptors (Lipinski definition) is 3. The molecular weight excluding hydrogens is 265 g/mol. The van der Waals surface area contributed by atoms with E-state index in [9.17, 15) is 4.39 Å². The number of aryl methyl sites for hydroxylation is 1. The summed E-state index contributed by atoms with van der Waals surface area (Å²) >= 11 is 0. The van der Waals surface area contributed by atoms with Gasteiger partial charge in [-0.05, 0) is 48.2 Å². The fourth-order valence-electron chi connectivity index (χ4n) is 2.52. The molecule has 0 radical (unpaired) electrons. The Bertz CT molecular complexity index is 781. The van der Waals surface area contributed by atoms with E-state index < -0.39 is 0 Å². The van der Waals surface area contributed by atoms with Gasteiger partial charge in [0, 0.05) is 18.4 Å². The van der Waals surface area contributed by atoms with Crippen molar-refractivity contribution in [2.24, 2.45) is 5.73 Å². The van der Waals surface area contributed by atoms with Crippen LogP contribution in [0, 0.1) is 12.7 Å². The first-order valence-electron chi connectivity index (χ1n) is 6.85. The van der Waals surface area contributed by atoms with Gasteiger partial charge < -0.3 is 5.73 Å². The Morgan fingerprint density at radius 3 is 2.81 bits per heavy atom. The molecule has 4 heteroatoms. The first-order valence-corrected chi connectivity index (χ1v) is 6.85. The minimum absolute atomic E-state index is 0.236. The maximum absolute atomic E-state index is 13.4. The van der Waals surface area contributed by atoms with Crippen molar-refractivity contribution in [3.8, 4) is 0 Å². The topological polar surface area (TPSA) is 51.8 Å². The van der Waals surface area contributed by atoms with E-state index in [4.69, 9.17) is 5.73 Å². The normalized spacial score (nSPS) is 12.5. The van der Waals surface area contributed by atoms with Gasteiger partial charge in [0.1, 0.15) is 5.82 Å². The summed E-state index contributed by atoms with van der Waals surface area (Å²) in [6.07, 6.45) is 3.89. The van der Waals surface area contributed by atoms with Gasteiger partial charge in [0.25, 0.3) is 0 Å². The lowest BCUT2D eigenvalue weighted by molar-refractivity contribution is 0.621. The summed E-state index contributed by atoms with van der Waals surface area (Å²) in [5.41, 5.74) is 10.8. The Kier molecular flexibility index (Phi) is 3.62. The molecule has 0 aliphatic rings. The zero-order valence-corrected chi connectivity index (χ0v) is 11.8. The fraction of sp³-hybridized carbons (Fsp3) is 0.176. The van der Waals surface area contributed by atoms with Gasteiger partial charge in [-0.2, -0.15) is 0 Å². The van der Waals surface area contributed by atoms with Gasteiger partial charge in [-0.3, -0.25) is 9.97 Å². The van der Waals surface area contributed by atoms with E-state index >= 15 is 0 Å². The maximum atomic E-state index is 13.4. The zero-order chi connectivity index (χ0) is 14.8. The molecule has 0 saturated heterocycles. The summed E-state index contributed by atoms with van der Waals surface area (Å²) in [5.74, 6) is -0.236. The third-order valence-electron chi connectivity index (χ3n) is 3.68. The molecule has 3 aromatic rings. The van der Waals surface area contributed by atoms with Crippen molar-refractivity contribution in [2.75, 3.05) is 0 Å². The second-order valence-electron chi connectivity index (χ2n) is 5.15. The van der Waals surface area contributed by atoms with E-state index in [1.807, 2.05) is 25.1 Å². The van der Waals surface area contributed by atoms with Crippen molar-refractivity contribution >= 4 is 11.0 Å². The van der Waals surface area contributed by atoms with Crippen molar-refractivity contribution in [3.63, 3.8) is 0 Å². The molecule has 1 aromatic heterocycles. The minimum atomic E-state index is -0.245. The molecule has 0 spiro atoms. The average Bonchev–Trinajstić information content (AvgIpc) is 2.50. The number of hydrogen-bond donors (Lipinski definition) is 1. The highest BCUT2D eigenvalue weighted by Gasteiger charge is 2.13. The monoisotopic (exact) mass is 281 g/mol. The lowest BCUT2D eigenvalue weighted by Crippen LogP contribution is -2.15. The van der Waals surface area contributed by atoms with Crippen LogP contribution in [0.3, 0.4) is 0 Å². The molecule has 0 bridgehead atoms. The van der Waals surface area contributed by atoms with Gasteiger partial charge in [-0.25, -0.2) is 4.39 Å². The number of aromatic nitrogens is 2. The molecule has 0 aliphatic carbocycles. The van der Waals surface area contributed by atoms with Gasteiger partial charge in [0.05, 0.1) is 11.0 Å². The van der Waals surface area contributed by atoms with Crippen LogP contribution < -0.4 is 5.73 Å². The quantitative estimate of drug-likeness (QED) is 0.801. The fourth-order valence-corrected chi connectivity index (χ4v) is 2.52. The van der Waals surface area contributed by atoms with Crippen LogP contribution >= 0.6 is 0 Å². The first kappa shape index (κ1) is 13.6. The number of benzene rings is 2. The highest BCUT2D eigenvalue weighted by atomic mass is 19.1. The van der Waals surface area contributed by atoms with Crippen LogP contribution in [0.2, 0.25) is 0 Å². The second-order valence-corrected chi connectivity index (χ2v) is 5.15. The highest BCUT2D eigenvalue weighted by Crippen LogP contribution is 2.24. The van der Waals surface area contributed by atoms with Crippen molar-refractivity contribution in [1.82, 2.24) is 9.97 Å². The van der Waals surface area contributed by atoms with E-state index in [1.54, 1.807) is 24.5 Å². The first-order chi connectivity index (χ1) is 10.1. The molecular formula is C17H16FN3. The van der Waals surface area contributed by atoms with E-state index in [0.717, 1.165) is 27.7 Å². The second kappa shape index (κ2) is 5.58. The van der Waals surface area contributed by atoms with Crippen LogP contribution in [0.1, 0.15) is 22.7 Å². The van der Waals surface area contributed by atoms with Crippen molar-refractivity contribution in [2.45, 2.75) is 19.4 Å². The number of nitrogens with two attached hydrogens (primary N) is 1. The molecule has 1 atom stereocenters. The number of halogens is 1. The molecule has 2 N–H and O–H groups in total. The Morgan fingerprint density at radius 1 is 1.14 bits per heavy atom. The molecule has 3 nitrogen and oxygen atoms in total. The van der Waals surface area contributed by atoms with E-state index in [2.05, 4.69) is 9.97 Å². The standard InChI is InChI=1S/C17H16FN3/c1-11-5-6-13(18)9-12(11)10-15(19)14-3-2-4-16-17(14)21-8-7-20-16/h2-9,15H,10,19H2,1H3. The predicted molar refractivity (Wildman–Crippen MR) is 81.3 cm³/mol. The molecule has 3 rings (SSSR count). The van der Waals surface area contributed by atoms with E-state index in [-0.39, 0.29) is 11.9 Å². The Hall–Kier alpha value is -2.33. The van der Waals surface area contributed by atoms with Gasteiger partial charge in [-0.1, -0.05) is 18.2 Å². The SMILES string of the molecule is Cc1ccc(F)cc1CC(N)c1cccc2nccnc12. The van der Waals surface area contributed by atoms with Crippen molar-refractivity contribution in [3.05, 3.63) is 71.3 Å². The lowest BCUT2D eigenvalue weighted by atomic mass is 9.96. The molecule has 0 saturated carbocycles. The van der Waals surface area contributed by atoms with Gasteiger partial charge in [-0.15, -0.1) is 0 Å². The Labute approximate surface area is 122 Å². The van der Waals surface area contributed by atoms with Crippen LogP contribution in [-0.4, -0.2) is 9.97 Å². The van der Waals surface area contributed by atoms with Gasteiger partial charge >= 0.3 is 0 Å². The third-order valence-corrected chi connectivity index (χ3v) is 3.68. The average molecular weight is 281 g/mol. The molecule has 0 amide bonds. The van der Waals surface area contributed by atoms with E-state index in [1.165, 1.54) is 6.07 Å². The number of para-hydroxylation sites is 1. The largest absolute Gasteiger partial charge is 0.324 e. The highest BCUT2D eigenvalue weighted by molar-refractivity contribution is 5.78. The Morgan fingerprint density at radius 2 is 1.95 bits per heavy atom. The van der Waals surface area contributed by atoms with Crippen molar-refractivity contribution in [1.29, 1.82) is 0 Å². The summed E-state index contributed by atoms with van der Waals surface area (Å²) in [7, 11) is 0. The molecule has 1 unspecified atom stereocenters. The number of fused-ring (bicyclic) bond motifs is 1. The minimum Gasteiger partial charge on any atom is -0.324 e. The molecule has 2 aromatic carbocycles. The summed E-state index contributed by atoms with van der Waals surface area (Å²) in [4.78, 5) is 8.65. The summed E-state index contributed by atoms with van der Waals surface area (Å²) in [5, 5.41) is 0. The zero-order valence-electron chi connectivity index (χ0n) is 11.8. The van der Waals surface area contributed by atoms with Crippen LogP contribution in [0.4, 0.5) is 4.39 Å². The van der Waals surface area contributed by atoms with Crippen LogP contribution in [-0.2, 0) is 6.42 Å². The smallest absolute Gasteiger partial charge is 0.123 e. The van der Waals surface area contributed by atoms with E-state index in [0.29, 0.717) is 6.42 Å². The molecule has 106 valence electrons. The number of nitrogens with zero attached hydrogens (tertiary/aromatic N) is 2. The lowest BCUT2D eigenvalue weighted by Gasteiger charge is -2.15. The van der Waals surface area contributed by atoms with Crippen LogP contribution in [0.25, 0.3) is 11.0 Å². The Balaban J connectivity index is 1.97. The van der Waals surface area contributed by atoms with Crippen LogP contribution in [0.15, 0.2) is 48.8 Å².